The average Bonchev–Trinajstić information content (AvgIpc) is 2.35. The van der Waals surface area contributed by atoms with E-state index in [4.69, 9.17) is 0 Å². The SMILES string of the molecule is CNC(=O)CCN(C)C(=O)c1ccc(F)cc1. The quantitative estimate of drug-likeness (QED) is 0.851. The van der Waals surface area contributed by atoms with Gasteiger partial charge in [0.1, 0.15) is 5.82 Å². The molecule has 0 spiro atoms. The van der Waals surface area contributed by atoms with Crippen LogP contribution < -0.4 is 5.32 Å². The Balaban J connectivity index is 2.57. The van der Waals surface area contributed by atoms with E-state index in [1.54, 1.807) is 14.1 Å². The molecular weight excluding hydrogens is 223 g/mol. The van der Waals surface area contributed by atoms with E-state index >= 15 is 0 Å². The molecule has 92 valence electrons. The Kier molecular flexibility index (Phi) is 4.63. The van der Waals surface area contributed by atoms with E-state index in [0.29, 0.717) is 12.1 Å². The van der Waals surface area contributed by atoms with Crippen molar-refractivity contribution in [2.24, 2.45) is 0 Å². The van der Waals surface area contributed by atoms with Crippen molar-refractivity contribution in [3.8, 4) is 0 Å². The normalized spacial score (nSPS) is 9.82. The van der Waals surface area contributed by atoms with Crippen LogP contribution in [0.15, 0.2) is 24.3 Å². The summed E-state index contributed by atoms with van der Waals surface area (Å²) in [4.78, 5) is 24.3. The summed E-state index contributed by atoms with van der Waals surface area (Å²) < 4.78 is 12.7. The van der Waals surface area contributed by atoms with E-state index in [1.807, 2.05) is 0 Å². The van der Waals surface area contributed by atoms with Crippen LogP contribution in [-0.4, -0.2) is 37.4 Å². The molecule has 0 heterocycles. The van der Waals surface area contributed by atoms with Crippen molar-refractivity contribution in [1.82, 2.24) is 10.2 Å². The van der Waals surface area contributed by atoms with Gasteiger partial charge in [0.15, 0.2) is 0 Å². The Labute approximate surface area is 99.4 Å². The number of hydrogen-bond donors (Lipinski definition) is 1. The first kappa shape index (κ1) is 13.2. The van der Waals surface area contributed by atoms with Crippen molar-refractivity contribution in [1.29, 1.82) is 0 Å². The summed E-state index contributed by atoms with van der Waals surface area (Å²) in [5, 5.41) is 2.48. The molecule has 4 nitrogen and oxygen atoms in total. The molecule has 0 aliphatic heterocycles. The summed E-state index contributed by atoms with van der Waals surface area (Å²) in [7, 11) is 3.15. The Morgan fingerprint density at radius 1 is 1.29 bits per heavy atom. The summed E-state index contributed by atoms with van der Waals surface area (Å²) in [5.74, 6) is -0.729. The van der Waals surface area contributed by atoms with Crippen molar-refractivity contribution >= 4 is 11.8 Å². The third-order valence-corrected chi connectivity index (χ3v) is 2.39. The summed E-state index contributed by atoms with van der Waals surface area (Å²) in [6.07, 6.45) is 0.250. The van der Waals surface area contributed by atoms with Gasteiger partial charge < -0.3 is 10.2 Å². The van der Waals surface area contributed by atoms with Gasteiger partial charge in [-0.2, -0.15) is 0 Å². The maximum absolute atomic E-state index is 12.7. The maximum atomic E-state index is 12.7. The van der Waals surface area contributed by atoms with Gasteiger partial charge in [0.05, 0.1) is 0 Å². The third-order valence-electron chi connectivity index (χ3n) is 2.39. The van der Waals surface area contributed by atoms with Crippen LogP contribution in [0.25, 0.3) is 0 Å². The van der Waals surface area contributed by atoms with Crippen LogP contribution in [0.3, 0.4) is 0 Å². The third kappa shape index (κ3) is 3.86. The number of benzene rings is 1. The molecule has 1 aromatic rings. The van der Waals surface area contributed by atoms with Crippen molar-refractivity contribution < 1.29 is 14.0 Å². The molecule has 0 saturated heterocycles. The molecule has 1 N–H and O–H groups in total. The predicted octanol–water partition coefficient (Wildman–Crippen LogP) is 1.03. The van der Waals surface area contributed by atoms with E-state index in [9.17, 15) is 14.0 Å². The minimum Gasteiger partial charge on any atom is -0.359 e. The zero-order valence-electron chi connectivity index (χ0n) is 9.87. The highest BCUT2D eigenvalue weighted by atomic mass is 19.1. The second-order valence-electron chi connectivity index (χ2n) is 3.66. The van der Waals surface area contributed by atoms with Gasteiger partial charge in [-0.1, -0.05) is 0 Å². The molecule has 0 atom stereocenters. The van der Waals surface area contributed by atoms with Gasteiger partial charge in [-0.3, -0.25) is 9.59 Å². The van der Waals surface area contributed by atoms with Gasteiger partial charge in [0.25, 0.3) is 5.91 Å². The van der Waals surface area contributed by atoms with E-state index < -0.39 is 0 Å². The second-order valence-corrected chi connectivity index (χ2v) is 3.66. The highest BCUT2D eigenvalue weighted by Gasteiger charge is 2.12. The average molecular weight is 238 g/mol. The first-order valence-corrected chi connectivity index (χ1v) is 5.26. The fourth-order valence-corrected chi connectivity index (χ4v) is 1.31. The summed E-state index contributed by atoms with van der Waals surface area (Å²) in [5.41, 5.74) is 0.408. The largest absolute Gasteiger partial charge is 0.359 e. The van der Waals surface area contributed by atoms with Crippen LogP contribution in [0, 0.1) is 5.82 Å². The first-order valence-electron chi connectivity index (χ1n) is 5.26. The number of rotatable bonds is 4. The Morgan fingerprint density at radius 3 is 2.41 bits per heavy atom. The lowest BCUT2D eigenvalue weighted by molar-refractivity contribution is -0.120. The van der Waals surface area contributed by atoms with Gasteiger partial charge >= 0.3 is 0 Å². The minimum atomic E-state index is -0.380. The van der Waals surface area contributed by atoms with Crippen LogP contribution in [0.5, 0.6) is 0 Å². The molecule has 0 radical (unpaired) electrons. The van der Waals surface area contributed by atoms with Crippen molar-refractivity contribution in [2.75, 3.05) is 20.6 Å². The predicted molar refractivity (Wildman–Crippen MR) is 62.0 cm³/mol. The van der Waals surface area contributed by atoms with Crippen LogP contribution in [0.4, 0.5) is 4.39 Å². The molecule has 0 fully saturated rings. The lowest BCUT2D eigenvalue weighted by Crippen LogP contribution is -2.31. The number of nitrogens with one attached hydrogen (secondary N) is 1. The zero-order chi connectivity index (χ0) is 12.8. The fourth-order valence-electron chi connectivity index (χ4n) is 1.31. The van der Waals surface area contributed by atoms with E-state index in [0.717, 1.165) is 0 Å². The Bertz CT molecular complexity index is 403. The Hall–Kier alpha value is -1.91. The monoisotopic (exact) mass is 238 g/mol. The molecule has 0 aliphatic rings. The van der Waals surface area contributed by atoms with Crippen LogP contribution in [-0.2, 0) is 4.79 Å². The Morgan fingerprint density at radius 2 is 1.88 bits per heavy atom. The molecular formula is C12H15FN2O2. The number of carbonyl (C=O) groups is 2. The van der Waals surface area contributed by atoms with Gasteiger partial charge in [0, 0.05) is 32.6 Å². The maximum Gasteiger partial charge on any atom is 0.253 e. The van der Waals surface area contributed by atoms with Crippen molar-refractivity contribution in [3.05, 3.63) is 35.6 Å². The molecule has 0 bridgehead atoms. The first-order chi connectivity index (χ1) is 8.04. The molecule has 1 aromatic carbocycles. The second kappa shape index (κ2) is 5.98. The summed E-state index contributed by atoms with van der Waals surface area (Å²) in [6, 6.07) is 5.32. The smallest absolute Gasteiger partial charge is 0.253 e. The van der Waals surface area contributed by atoms with Gasteiger partial charge in [0.2, 0.25) is 5.91 Å². The summed E-state index contributed by atoms with van der Waals surface area (Å²) >= 11 is 0. The number of carbonyl (C=O) groups excluding carboxylic acids is 2. The molecule has 0 aliphatic carbocycles. The topological polar surface area (TPSA) is 49.4 Å². The van der Waals surface area contributed by atoms with Crippen LogP contribution in [0.1, 0.15) is 16.8 Å². The van der Waals surface area contributed by atoms with E-state index in [-0.39, 0.29) is 24.1 Å². The number of hydrogen-bond acceptors (Lipinski definition) is 2. The molecule has 0 saturated carbocycles. The van der Waals surface area contributed by atoms with E-state index in [2.05, 4.69) is 5.32 Å². The number of nitrogens with zero attached hydrogens (tertiary/aromatic N) is 1. The van der Waals surface area contributed by atoms with Gasteiger partial charge in [-0.25, -0.2) is 4.39 Å². The minimum absolute atomic E-state index is 0.122. The number of halogens is 1. The van der Waals surface area contributed by atoms with Gasteiger partial charge in [-0.15, -0.1) is 0 Å². The molecule has 1 rings (SSSR count). The molecule has 2 amide bonds. The molecule has 0 aromatic heterocycles. The fraction of sp³-hybridized carbons (Fsp3) is 0.333. The molecule has 0 unspecified atom stereocenters. The van der Waals surface area contributed by atoms with Crippen molar-refractivity contribution in [3.63, 3.8) is 0 Å². The van der Waals surface area contributed by atoms with Crippen LogP contribution >= 0.6 is 0 Å². The van der Waals surface area contributed by atoms with Crippen LogP contribution in [0.2, 0.25) is 0 Å². The lowest BCUT2D eigenvalue weighted by atomic mass is 10.2. The lowest BCUT2D eigenvalue weighted by Gasteiger charge is -2.16. The van der Waals surface area contributed by atoms with Gasteiger partial charge in [-0.05, 0) is 24.3 Å². The molecule has 5 heteroatoms. The highest BCUT2D eigenvalue weighted by molar-refractivity contribution is 5.94. The summed E-state index contributed by atoms with van der Waals surface area (Å²) in [6.45, 7) is 0.329. The number of amides is 2. The standard InChI is InChI=1S/C12H15FN2O2/c1-14-11(16)7-8-15(2)12(17)9-3-5-10(13)6-4-9/h3-6H,7-8H2,1-2H3,(H,14,16). The highest BCUT2D eigenvalue weighted by Crippen LogP contribution is 2.06. The molecule has 17 heavy (non-hydrogen) atoms. The van der Waals surface area contributed by atoms with Crippen molar-refractivity contribution in [2.45, 2.75) is 6.42 Å². The zero-order valence-corrected chi connectivity index (χ0v) is 9.87. The van der Waals surface area contributed by atoms with E-state index in [1.165, 1.54) is 29.2 Å².